The van der Waals surface area contributed by atoms with Crippen molar-refractivity contribution in [3.8, 4) is 0 Å². The molecule has 4 rings (SSSR count). The quantitative estimate of drug-likeness (QED) is 0.728. The molecule has 0 radical (unpaired) electrons. The lowest BCUT2D eigenvalue weighted by Gasteiger charge is -2.36. The van der Waals surface area contributed by atoms with Gasteiger partial charge in [0.1, 0.15) is 5.76 Å². The summed E-state index contributed by atoms with van der Waals surface area (Å²) in [4.78, 5) is 17.1. The van der Waals surface area contributed by atoms with E-state index in [0.717, 1.165) is 17.0 Å². The van der Waals surface area contributed by atoms with Crippen LogP contribution in [0.25, 0.3) is 0 Å². The molecular weight excluding hydrogens is 370 g/mol. The number of morpholine rings is 1. The number of aromatic nitrogens is 1. The molecule has 0 saturated carbocycles. The normalized spacial score (nSPS) is 31.0. The second-order valence-electron chi connectivity index (χ2n) is 7.90. The van der Waals surface area contributed by atoms with E-state index >= 15 is 0 Å². The Morgan fingerprint density at radius 2 is 1.96 bits per heavy atom. The first-order chi connectivity index (χ1) is 12.9. The fourth-order valence-corrected chi connectivity index (χ4v) is 6.84. The third-order valence-electron chi connectivity index (χ3n) is 6.28. The molecule has 3 aliphatic rings. The van der Waals surface area contributed by atoms with Crippen molar-refractivity contribution < 1.29 is 22.5 Å². The summed E-state index contributed by atoms with van der Waals surface area (Å²) in [6.07, 6.45) is 0.429. The van der Waals surface area contributed by atoms with E-state index in [1.54, 1.807) is 0 Å². The number of carbonyl (C=O) groups is 1. The Balaban J connectivity index is 1.53. The standard InChI is InChI=1S/C18H27N3O5S/c1-12-15(13(2)26-19-12)9-20-10-16-14(3-8-27(23,24)17(16)11-20)18(22)21-4-6-25-7-5-21/h14,16-17H,3-11H2,1-2H3/t14-,16-,17-/m1/s1. The molecule has 3 fully saturated rings. The van der Waals surface area contributed by atoms with Crippen molar-refractivity contribution in [3.05, 3.63) is 17.0 Å². The molecule has 0 unspecified atom stereocenters. The maximum absolute atomic E-state index is 13.1. The van der Waals surface area contributed by atoms with Crippen molar-refractivity contribution in [1.82, 2.24) is 15.0 Å². The summed E-state index contributed by atoms with van der Waals surface area (Å²) >= 11 is 0. The molecule has 0 bridgehead atoms. The topological polar surface area (TPSA) is 93.0 Å². The largest absolute Gasteiger partial charge is 0.378 e. The highest BCUT2D eigenvalue weighted by Gasteiger charge is 2.51. The predicted octanol–water partition coefficient (Wildman–Crippen LogP) is 0.385. The van der Waals surface area contributed by atoms with Gasteiger partial charge in [0.05, 0.1) is 29.9 Å². The van der Waals surface area contributed by atoms with Crippen LogP contribution in [0.3, 0.4) is 0 Å². The van der Waals surface area contributed by atoms with E-state index in [-0.39, 0.29) is 23.5 Å². The van der Waals surface area contributed by atoms with Gasteiger partial charge in [0.2, 0.25) is 5.91 Å². The first-order valence-corrected chi connectivity index (χ1v) is 11.3. The molecule has 150 valence electrons. The Hall–Kier alpha value is -1.45. The molecule has 27 heavy (non-hydrogen) atoms. The first kappa shape index (κ1) is 18.9. The van der Waals surface area contributed by atoms with Crippen LogP contribution in [0.15, 0.2) is 4.52 Å². The second kappa shape index (κ2) is 7.18. The first-order valence-electron chi connectivity index (χ1n) is 9.59. The molecule has 1 aromatic heterocycles. The molecule has 3 atom stereocenters. The van der Waals surface area contributed by atoms with Crippen LogP contribution < -0.4 is 0 Å². The molecular formula is C18H27N3O5S. The molecule has 1 aromatic rings. The van der Waals surface area contributed by atoms with E-state index < -0.39 is 15.1 Å². The lowest BCUT2D eigenvalue weighted by molar-refractivity contribution is -0.141. The third-order valence-corrected chi connectivity index (χ3v) is 8.50. The van der Waals surface area contributed by atoms with Crippen molar-refractivity contribution in [1.29, 1.82) is 0 Å². The van der Waals surface area contributed by atoms with Crippen molar-refractivity contribution in [2.24, 2.45) is 11.8 Å². The van der Waals surface area contributed by atoms with Gasteiger partial charge in [-0.2, -0.15) is 0 Å². The number of nitrogens with zero attached hydrogens (tertiary/aromatic N) is 3. The molecule has 9 heteroatoms. The summed E-state index contributed by atoms with van der Waals surface area (Å²) < 4.78 is 36.0. The number of hydrogen-bond donors (Lipinski definition) is 0. The molecule has 8 nitrogen and oxygen atoms in total. The predicted molar refractivity (Wildman–Crippen MR) is 97.8 cm³/mol. The molecule has 3 aliphatic heterocycles. The van der Waals surface area contributed by atoms with E-state index in [1.165, 1.54) is 0 Å². The van der Waals surface area contributed by atoms with Crippen molar-refractivity contribution >= 4 is 15.7 Å². The number of aryl methyl sites for hydroxylation is 2. The molecule has 4 heterocycles. The number of hydrogen-bond acceptors (Lipinski definition) is 7. The second-order valence-corrected chi connectivity index (χ2v) is 10.2. The molecule has 0 N–H and O–H groups in total. The van der Waals surface area contributed by atoms with Gasteiger partial charge in [-0.25, -0.2) is 8.42 Å². The van der Waals surface area contributed by atoms with E-state index in [2.05, 4.69) is 10.1 Å². The minimum absolute atomic E-state index is 0.0994. The highest BCUT2D eigenvalue weighted by molar-refractivity contribution is 7.92. The zero-order valence-electron chi connectivity index (χ0n) is 15.9. The number of carbonyl (C=O) groups excluding carboxylic acids is 1. The van der Waals surface area contributed by atoms with Gasteiger partial charge in [-0.1, -0.05) is 5.16 Å². The summed E-state index contributed by atoms with van der Waals surface area (Å²) in [6.45, 7) is 7.80. The van der Waals surface area contributed by atoms with Crippen LogP contribution in [0.4, 0.5) is 0 Å². The average Bonchev–Trinajstić information content (AvgIpc) is 3.22. The monoisotopic (exact) mass is 397 g/mol. The Labute approximate surface area is 159 Å². The lowest BCUT2D eigenvalue weighted by atomic mass is 9.87. The van der Waals surface area contributed by atoms with Crippen LogP contribution >= 0.6 is 0 Å². The van der Waals surface area contributed by atoms with Crippen molar-refractivity contribution in [2.75, 3.05) is 45.1 Å². The lowest BCUT2D eigenvalue weighted by Crippen LogP contribution is -2.50. The summed E-state index contributed by atoms with van der Waals surface area (Å²) in [5, 5.41) is 3.53. The summed E-state index contributed by atoms with van der Waals surface area (Å²) in [5.74, 6) is 0.619. The summed E-state index contributed by atoms with van der Waals surface area (Å²) in [7, 11) is -3.17. The number of sulfone groups is 1. The van der Waals surface area contributed by atoms with Crippen LogP contribution in [0.1, 0.15) is 23.4 Å². The smallest absolute Gasteiger partial charge is 0.226 e. The Bertz CT molecular complexity index is 795. The highest BCUT2D eigenvalue weighted by atomic mass is 32.2. The molecule has 0 aromatic carbocycles. The third kappa shape index (κ3) is 3.52. The van der Waals surface area contributed by atoms with E-state index in [0.29, 0.717) is 52.4 Å². The SMILES string of the molecule is Cc1noc(C)c1CN1C[C@H]2[C@@H](C1)S(=O)(=O)CC[C@H]2C(=O)N1CCOCC1. The molecule has 0 aliphatic carbocycles. The molecule has 1 amide bonds. The van der Waals surface area contributed by atoms with Crippen LogP contribution in [-0.2, 0) is 25.9 Å². The molecule has 3 saturated heterocycles. The highest BCUT2D eigenvalue weighted by Crippen LogP contribution is 2.38. The molecule has 0 spiro atoms. The number of likely N-dealkylation sites (tertiary alicyclic amines) is 1. The van der Waals surface area contributed by atoms with Gasteiger partial charge in [0.15, 0.2) is 9.84 Å². The van der Waals surface area contributed by atoms with Gasteiger partial charge in [-0.15, -0.1) is 0 Å². The summed E-state index contributed by atoms with van der Waals surface area (Å²) in [5.41, 5.74) is 1.85. The van der Waals surface area contributed by atoms with Crippen LogP contribution in [0.2, 0.25) is 0 Å². The minimum Gasteiger partial charge on any atom is -0.378 e. The minimum atomic E-state index is -3.17. The van der Waals surface area contributed by atoms with Crippen molar-refractivity contribution in [3.63, 3.8) is 0 Å². The number of amides is 1. The summed E-state index contributed by atoms with van der Waals surface area (Å²) in [6, 6.07) is 0. The van der Waals surface area contributed by atoms with Crippen LogP contribution in [-0.4, -0.2) is 79.7 Å². The van der Waals surface area contributed by atoms with Gasteiger partial charge < -0.3 is 14.2 Å². The fraction of sp³-hybridized carbons (Fsp3) is 0.778. The van der Waals surface area contributed by atoms with E-state index in [9.17, 15) is 13.2 Å². The van der Waals surface area contributed by atoms with Crippen molar-refractivity contribution in [2.45, 2.75) is 32.1 Å². The Morgan fingerprint density at radius 3 is 2.63 bits per heavy atom. The Kier molecular flexibility index (Phi) is 5.02. The zero-order chi connectivity index (χ0) is 19.2. The maximum Gasteiger partial charge on any atom is 0.226 e. The maximum atomic E-state index is 13.1. The zero-order valence-corrected chi connectivity index (χ0v) is 16.7. The number of fused-ring (bicyclic) bond motifs is 1. The fourth-order valence-electron chi connectivity index (χ4n) is 4.71. The van der Waals surface area contributed by atoms with Gasteiger partial charge in [0.25, 0.3) is 0 Å². The number of ether oxygens (including phenoxy) is 1. The van der Waals surface area contributed by atoms with Crippen LogP contribution in [0.5, 0.6) is 0 Å². The van der Waals surface area contributed by atoms with E-state index in [4.69, 9.17) is 9.26 Å². The van der Waals surface area contributed by atoms with Gasteiger partial charge >= 0.3 is 0 Å². The van der Waals surface area contributed by atoms with Gasteiger partial charge in [-0.3, -0.25) is 9.69 Å². The van der Waals surface area contributed by atoms with Gasteiger partial charge in [-0.05, 0) is 20.3 Å². The van der Waals surface area contributed by atoms with E-state index in [1.807, 2.05) is 18.7 Å². The number of rotatable bonds is 3. The average molecular weight is 397 g/mol. The Morgan fingerprint density at radius 1 is 1.22 bits per heavy atom. The van der Waals surface area contributed by atoms with Gasteiger partial charge in [0, 0.05) is 50.1 Å². The van der Waals surface area contributed by atoms with Crippen LogP contribution in [0, 0.1) is 25.7 Å².